The third-order valence-corrected chi connectivity index (χ3v) is 2.47. The lowest BCUT2D eigenvalue weighted by molar-refractivity contribution is -0.141. The van der Waals surface area contributed by atoms with Crippen LogP contribution < -0.4 is 10.9 Å². The average Bonchev–Trinajstić information content (AvgIpc) is 2.29. The third kappa shape index (κ3) is 3.09. The van der Waals surface area contributed by atoms with Gasteiger partial charge < -0.3 is 14.6 Å². The summed E-state index contributed by atoms with van der Waals surface area (Å²) in [4.78, 5) is 27.4. The Morgan fingerprint density at radius 1 is 1.50 bits per heavy atom. The summed E-state index contributed by atoms with van der Waals surface area (Å²) in [5.41, 5.74) is -0.605. The first-order valence-electron chi connectivity index (χ1n) is 5.70. The van der Waals surface area contributed by atoms with Crippen LogP contribution in [-0.2, 0) is 15.1 Å². The number of nitrogens with one attached hydrogen (secondary N) is 1. The van der Waals surface area contributed by atoms with Crippen molar-refractivity contribution >= 4 is 11.8 Å². The molecule has 0 saturated carbocycles. The molecule has 0 spiro atoms. The quantitative estimate of drug-likeness (QED) is 0.813. The molecule has 1 rings (SSSR count). The number of anilines is 1. The number of carbonyl (C=O) groups is 1. The number of ether oxygens (including phenoxy) is 1. The zero-order chi connectivity index (χ0) is 13.9. The molecule has 0 aliphatic rings. The van der Waals surface area contributed by atoms with Crippen LogP contribution in [0.5, 0.6) is 0 Å². The van der Waals surface area contributed by atoms with E-state index in [-0.39, 0.29) is 16.9 Å². The van der Waals surface area contributed by atoms with Gasteiger partial charge >= 0.3 is 5.97 Å². The second kappa shape index (κ2) is 5.20. The number of methoxy groups -OCH3 is 1. The van der Waals surface area contributed by atoms with Crippen LogP contribution in [0.2, 0.25) is 0 Å². The van der Waals surface area contributed by atoms with Gasteiger partial charge in [0.25, 0.3) is 5.56 Å². The Morgan fingerprint density at radius 3 is 2.61 bits per heavy atom. The van der Waals surface area contributed by atoms with Crippen LogP contribution in [0.1, 0.15) is 27.7 Å². The number of esters is 1. The molecule has 1 unspecified atom stereocenters. The molecule has 0 fully saturated rings. The van der Waals surface area contributed by atoms with Crippen molar-refractivity contribution in [2.45, 2.75) is 39.3 Å². The highest BCUT2D eigenvalue weighted by Gasteiger charge is 2.19. The first-order valence-corrected chi connectivity index (χ1v) is 5.70. The molecule has 0 radical (unpaired) electrons. The highest BCUT2D eigenvalue weighted by Crippen LogP contribution is 2.11. The van der Waals surface area contributed by atoms with Crippen LogP contribution in [0.4, 0.5) is 5.82 Å². The fourth-order valence-electron chi connectivity index (χ4n) is 1.48. The van der Waals surface area contributed by atoms with Crippen LogP contribution >= 0.6 is 0 Å². The van der Waals surface area contributed by atoms with Gasteiger partial charge in [-0.2, -0.15) is 0 Å². The lowest BCUT2D eigenvalue weighted by Crippen LogP contribution is -2.37. The molecule has 1 aromatic heterocycles. The average molecular weight is 253 g/mol. The van der Waals surface area contributed by atoms with Crippen molar-refractivity contribution in [1.29, 1.82) is 0 Å². The summed E-state index contributed by atoms with van der Waals surface area (Å²) in [6.45, 7) is 7.37. The van der Waals surface area contributed by atoms with Crippen LogP contribution in [0, 0.1) is 0 Å². The van der Waals surface area contributed by atoms with Crippen molar-refractivity contribution in [3.05, 3.63) is 22.7 Å². The molecule has 1 heterocycles. The Morgan fingerprint density at radius 2 is 2.11 bits per heavy atom. The molecule has 1 N–H and O–H groups in total. The Bertz CT molecular complexity index is 488. The molecule has 0 aromatic carbocycles. The van der Waals surface area contributed by atoms with Gasteiger partial charge in [-0.3, -0.25) is 4.79 Å². The second-order valence-electron chi connectivity index (χ2n) is 5.01. The Labute approximate surface area is 106 Å². The molecule has 0 aliphatic heterocycles. The molecular weight excluding hydrogens is 234 g/mol. The maximum absolute atomic E-state index is 12.1. The Hall–Kier alpha value is -1.85. The fraction of sp³-hybridized carbons (Fsp3) is 0.583. The van der Waals surface area contributed by atoms with Gasteiger partial charge in [-0.05, 0) is 27.7 Å². The van der Waals surface area contributed by atoms with Gasteiger partial charge in [-0.25, -0.2) is 9.78 Å². The van der Waals surface area contributed by atoms with Gasteiger partial charge in [-0.15, -0.1) is 0 Å². The molecule has 0 bridgehead atoms. The third-order valence-electron chi connectivity index (χ3n) is 2.47. The number of rotatable bonds is 3. The summed E-state index contributed by atoms with van der Waals surface area (Å²) < 4.78 is 6.15. The number of aromatic nitrogens is 2. The number of nitrogens with zero attached hydrogens (tertiary/aromatic N) is 2. The van der Waals surface area contributed by atoms with Crippen molar-refractivity contribution in [3.63, 3.8) is 0 Å². The topological polar surface area (TPSA) is 73.2 Å². The lowest BCUT2D eigenvalue weighted by atomic mass is 10.1. The predicted molar refractivity (Wildman–Crippen MR) is 68.6 cm³/mol. The van der Waals surface area contributed by atoms with Gasteiger partial charge in [0, 0.05) is 17.9 Å². The Balaban J connectivity index is 3.06. The van der Waals surface area contributed by atoms with Crippen molar-refractivity contribution in [1.82, 2.24) is 9.55 Å². The maximum Gasteiger partial charge on any atom is 0.328 e. The summed E-state index contributed by atoms with van der Waals surface area (Å²) in [6.07, 6.45) is 3.15. The number of hydrogen-bond donors (Lipinski definition) is 1. The molecule has 0 saturated heterocycles. The minimum Gasteiger partial charge on any atom is -0.467 e. The molecule has 6 nitrogen and oxygen atoms in total. The molecule has 6 heteroatoms. The van der Waals surface area contributed by atoms with E-state index in [4.69, 9.17) is 0 Å². The fourth-order valence-corrected chi connectivity index (χ4v) is 1.48. The summed E-state index contributed by atoms with van der Waals surface area (Å²) in [5, 5.41) is 2.75. The summed E-state index contributed by atoms with van der Waals surface area (Å²) in [5.74, 6) is -0.298. The standard InChI is InChI=1S/C12H19N3O3/c1-8(11(17)18-5)14-9-10(16)15(7-6-13-9)12(2,3)4/h6-8H,1-5H3,(H,13,14). The van der Waals surface area contributed by atoms with E-state index in [0.717, 1.165) is 0 Å². The smallest absolute Gasteiger partial charge is 0.328 e. The lowest BCUT2D eigenvalue weighted by Gasteiger charge is -2.23. The van der Waals surface area contributed by atoms with Gasteiger partial charge in [0.2, 0.25) is 0 Å². The summed E-state index contributed by atoms with van der Waals surface area (Å²) in [7, 11) is 1.30. The van der Waals surface area contributed by atoms with Crippen LogP contribution in [-0.4, -0.2) is 28.7 Å². The summed E-state index contributed by atoms with van der Waals surface area (Å²) >= 11 is 0. The van der Waals surface area contributed by atoms with Gasteiger partial charge in [0.05, 0.1) is 7.11 Å². The van der Waals surface area contributed by atoms with E-state index < -0.39 is 12.0 Å². The van der Waals surface area contributed by atoms with E-state index in [1.54, 1.807) is 17.7 Å². The van der Waals surface area contributed by atoms with E-state index in [2.05, 4.69) is 15.0 Å². The molecule has 1 aromatic rings. The minimum absolute atomic E-state index is 0.144. The van der Waals surface area contributed by atoms with Crippen LogP contribution in [0.15, 0.2) is 17.2 Å². The van der Waals surface area contributed by atoms with Gasteiger partial charge in [0.1, 0.15) is 6.04 Å². The molecule has 18 heavy (non-hydrogen) atoms. The molecule has 0 amide bonds. The molecule has 1 atom stereocenters. The summed E-state index contributed by atoms with van der Waals surface area (Å²) in [6, 6.07) is -0.619. The minimum atomic E-state index is -0.619. The highest BCUT2D eigenvalue weighted by molar-refractivity contribution is 5.78. The molecular formula is C12H19N3O3. The number of hydrogen-bond acceptors (Lipinski definition) is 5. The van der Waals surface area contributed by atoms with Crippen LogP contribution in [0.25, 0.3) is 0 Å². The van der Waals surface area contributed by atoms with E-state index >= 15 is 0 Å². The van der Waals surface area contributed by atoms with E-state index in [9.17, 15) is 9.59 Å². The zero-order valence-electron chi connectivity index (χ0n) is 11.4. The van der Waals surface area contributed by atoms with E-state index in [1.807, 2.05) is 20.8 Å². The van der Waals surface area contributed by atoms with Crippen molar-refractivity contribution in [3.8, 4) is 0 Å². The van der Waals surface area contributed by atoms with Crippen LogP contribution in [0.3, 0.4) is 0 Å². The predicted octanol–water partition coefficient (Wildman–Crippen LogP) is 0.972. The van der Waals surface area contributed by atoms with Crippen molar-refractivity contribution in [2.24, 2.45) is 0 Å². The van der Waals surface area contributed by atoms with E-state index in [0.29, 0.717) is 0 Å². The molecule has 100 valence electrons. The Kier molecular flexibility index (Phi) is 4.11. The first-order chi connectivity index (χ1) is 8.27. The molecule has 0 aliphatic carbocycles. The van der Waals surface area contributed by atoms with E-state index in [1.165, 1.54) is 13.3 Å². The zero-order valence-corrected chi connectivity index (χ0v) is 11.4. The van der Waals surface area contributed by atoms with Crippen molar-refractivity contribution in [2.75, 3.05) is 12.4 Å². The van der Waals surface area contributed by atoms with Gasteiger partial charge in [-0.1, -0.05) is 0 Å². The monoisotopic (exact) mass is 253 g/mol. The normalized spacial score (nSPS) is 12.9. The SMILES string of the molecule is COC(=O)C(C)Nc1nccn(C(C)(C)C)c1=O. The second-order valence-corrected chi connectivity index (χ2v) is 5.01. The maximum atomic E-state index is 12.1. The highest BCUT2D eigenvalue weighted by atomic mass is 16.5. The first kappa shape index (κ1) is 14.2. The number of carbonyl (C=O) groups excluding carboxylic acids is 1. The largest absolute Gasteiger partial charge is 0.467 e. The van der Waals surface area contributed by atoms with Gasteiger partial charge in [0.15, 0.2) is 5.82 Å². The van der Waals surface area contributed by atoms with Crippen molar-refractivity contribution < 1.29 is 9.53 Å².